The van der Waals surface area contributed by atoms with Gasteiger partial charge in [-0.3, -0.25) is 0 Å². The van der Waals surface area contributed by atoms with E-state index < -0.39 is 0 Å². The van der Waals surface area contributed by atoms with Gasteiger partial charge in [0.15, 0.2) is 0 Å². The molecule has 0 saturated heterocycles. The summed E-state index contributed by atoms with van der Waals surface area (Å²) in [5, 5.41) is 3.14. The van der Waals surface area contributed by atoms with Gasteiger partial charge in [-0.15, -0.1) is 0 Å². The van der Waals surface area contributed by atoms with E-state index in [9.17, 15) is 0 Å². The molecule has 0 amide bonds. The minimum absolute atomic E-state index is 0.950. The van der Waals surface area contributed by atoms with E-state index in [0.29, 0.717) is 0 Å². The van der Waals surface area contributed by atoms with Gasteiger partial charge in [-0.1, -0.05) is 0 Å². The monoisotopic (exact) mass is 218 g/mol. The fourth-order valence-electron chi connectivity index (χ4n) is 1.74. The van der Waals surface area contributed by atoms with E-state index in [2.05, 4.69) is 37.9 Å². The minimum atomic E-state index is 0.950. The van der Waals surface area contributed by atoms with Gasteiger partial charge in [0, 0.05) is 38.9 Å². The quantitative estimate of drug-likeness (QED) is 0.836. The molecule has 1 N–H and O–H groups in total. The van der Waals surface area contributed by atoms with Crippen LogP contribution in [0.3, 0.4) is 0 Å². The molecule has 0 spiro atoms. The van der Waals surface area contributed by atoms with Gasteiger partial charge in [0.1, 0.15) is 5.82 Å². The van der Waals surface area contributed by atoms with E-state index >= 15 is 0 Å². The lowest BCUT2D eigenvalue weighted by molar-refractivity contribution is 0.753. The van der Waals surface area contributed by atoms with Gasteiger partial charge < -0.3 is 14.6 Å². The number of hydrogen-bond donors (Lipinski definition) is 1. The van der Waals surface area contributed by atoms with Crippen LogP contribution in [-0.4, -0.2) is 37.1 Å². The zero-order valence-corrected chi connectivity index (χ0v) is 10.1. The van der Waals surface area contributed by atoms with Crippen LogP contribution in [0.4, 0.5) is 5.69 Å². The van der Waals surface area contributed by atoms with Gasteiger partial charge >= 0.3 is 0 Å². The summed E-state index contributed by atoms with van der Waals surface area (Å²) in [6, 6.07) is 4.26. The number of nitrogens with zero attached hydrogens (tertiary/aromatic N) is 3. The topological polar surface area (TPSA) is 32.6 Å². The van der Waals surface area contributed by atoms with Crippen molar-refractivity contribution in [2.45, 2.75) is 6.42 Å². The molecule has 2 rings (SSSR count). The third kappa shape index (κ3) is 2.02. The van der Waals surface area contributed by atoms with E-state index in [1.807, 2.05) is 27.3 Å². The van der Waals surface area contributed by atoms with Crippen molar-refractivity contribution in [2.24, 2.45) is 0 Å². The Balaban J connectivity index is 2.35. The molecule has 0 radical (unpaired) electrons. The average molecular weight is 218 g/mol. The second-order valence-corrected chi connectivity index (χ2v) is 4.10. The van der Waals surface area contributed by atoms with Crippen LogP contribution in [0, 0.1) is 0 Å². The Morgan fingerprint density at radius 1 is 1.44 bits per heavy atom. The molecular weight excluding hydrogens is 200 g/mol. The number of hydrogen-bond acceptors (Lipinski definition) is 3. The number of imidazole rings is 1. The largest absolute Gasteiger partial charge is 0.378 e. The van der Waals surface area contributed by atoms with Gasteiger partial charge in [-0.25, -0.2) is 4.98 Å². The van der Waals surface area contributed by atoms with Crippen molar-refractivity contribution < 1.29 is 0 Å². The first-order valence-electron chi connectivity index (χ1n) is 5.50. The van der Waals surface area contributed by atoms with E-state index in [4.69, 9.17) is 0 Å². The molecule has 86 valence electrons. The Kier molecular flexibility index (Phi) is 3.10. The Bertz CT molecular complexity index is 473. The second-order valence-electron chi connectivity index (χ2n) is 4.10. The average Bonchev–Trinajstić information content (AvgIpc) is 2.68. The standard InChI is InChI=1S/C12H18N4/c1-13-6-4-12-14-9-11-8-10(15(2)3)5-7-16(11)12/h5,7-9,13H,4,6H2,1-3H3. The van der Waals surface area contributed by atoms with E-state index in [-0.39, 0.29) is 0 Å². The maximum Gasteiger partial charge on any atom is 0.114 e. The molecule has 0 bridgehead atoms. The van der Waals surface area contributed by atoms with Gasteiger partial charge in [0.25, 0.3) is 0 Å². The van der Waals surface area contributed by atoms with Crippen molar-refractivity contribution in [3.8, 4) is 0 Å². The molecule has 0 aliphatic heterocycles. The second kappa shape index (κ2) is 4.53. The predicted molar refractivity (Wildman–Crippen MR) is 67.1 cm³/mol. The smallest absolute Gasteiger partial charge is 0.114 e. The summed E-state index contributed by atoms with van der Waals surface area (Å²) in [5.41, 5.74) is 2.35. The molecule has 0 fully saturated rings. The first-order chi connectivity index (χ1) is 7.72. The summed E-state index contributed by atoms with van der Waals surface area (Å²) in [5.74, 6) is 1.11. The Morgan fingerprint density at radius 3 is 2.94 bits per heavy atom. The van der Waals surface area contributed by atoms with Crippen molar-refractivity contribution in [3.05, 3.63) is 30.4 Å². The van der Waals surface area contributed by atoms with Crippen LogP contribution in [0.15, 0.2) is 24.5 Å². The van der Waals surface area contributed by atoms with Crippen LogP contribution in [0.2, 0.25) is 0 Å². The van der Waals surface area contributed by atoms with Gasteiger partial charge in [-0.2, -0.15) is 0 Å². The third-order valence-corrected chi connectivity index (χ3v) is 2.71. The molecule has 0 atom stereocenters. The van der Waals surface area contributed by atoms with E-state index in [0.717, 1.165) is 24.3 Å². The number of fused-ring (bicyclic) bond motifs is 1. The highest BCUT2D eigenvalue weighted by molar-refractivity contribution is 5.58. The van der Waals surface area contributed by atoms with E-state index in [1.165, 1.54) is 5.69 Å². The summed E-state index contributed by atoms with van der Waals surface area (Å²) in [6.45, 7) is 0.953. The van der Waals surface area contributed by atoms with Crippen LogP contribution < -0.4 is 10.2 Å². The number of likely N-dealkylation sites (N-methyl/N-ethyl adjacent to an activating group) is 1. The number of nitrogens with one attached hydrogen (secondary N) is 1. The minimum Gasteiger partial charge on any atom is -0.378 e. The maximum absolute atomic E-state index is 4.44. The lowest BCUT2D eigenvalue weighted by Gasteiger charge is -2.12. The molecule has 0 unspecified atom stereocenters. The molecule has 2 heterocycles. The van der Waals surface area contributed by atoms with Crippen LogP contribution in [-0.2, 0) is 6.42 Å². The summed E-state index contributed by atoms with van der Waals surface area (Å²) >= 11 is 0. The van der Waals surface area contributed by atoms with Crippen molar-refractivity contribution in [1.82, 2.24) is 14.7 Å². The van der Waals surface area contributed by atoms with Crippen molar-refractivity contribution in [2.75, 3.05) is 32.6 Å². The highest BCUT2D eigenvalue weighted by Crippen LogP contribution is 2.16. The normalized spacial score (nSPS) is 10.9. The first kappa shape index (κ1) is 11.0. The first-order valence-corrected chi connectivity index (χ1v) is 5.50. The lowest BCUT2D eigenvalue weighted by Crippen LogP contribution is -2.12. The van der Waals surface area contributed by atoms with Crippen molar-refractivity contribution >= 4 is 11.2 Å². The van der Waals surface area contributed by atoms with E-state index in [1.54, 1.807) is 0 Å². The zero-order valence-electron chi connectivity index (χ0n) is 10.1. The van der Waals surface area contributed by atoms with Gasteiger partial charge in [0.2, 0.25) is 0 Å². The molecule has 0 saturated carbocycles. The Morgan fingerprint density at radius 2 is 2.25 bits per heavy atom. The number of aromatic nitrogens is 2. The molecular formula is C12H18N4. The predicted octanol–water partition coefficient (Wildman–Crippen LogP) is 1.16. The fraction of sp³-hybridized carbons (Fsp3) is 0.417. The Labute approximate surface area is 95.9 Å². The number of anilines is 1. The number of rotatable bonds is 4. The van der Waals surface area contributed by atoms with Crippen LogP contribution in [0.1, 0.15) is 5.82 Å². The summed E-state index contributed by atoms with van der Waals surface area (Å²) < 4.78 is 2.14. The molecule has 4 nitrogen and oxygen atoms in total. The Hall–Kier alpha value is -1.55. The third-order valence-electron chi connectivity index (χ3n) is 2.71. The summed E-state index contributed by atoms with van der Waals surface area (Å²) in [6.07, 6.45) is 4.96. The molecule has 0 aliphatic carbocycles. The van der Waals surface area contributed by atoms with Gasteiger partial charge in [0.05, 0.1) is 11.7 Å². The van der Waals surface area contributed by atoms with Crippen LogP contribution in [0.5, 0.6) is 0 Å². The molecule has 2 aromatic rings. The zero-order chi connectivity index (χ0) is 11.5. The summed E-state index contributed by atoms with van der Waals surface area (Å²) in [7, 11) is 6.05. The van der Waals surface area contributed by atoms with Crippen molar-refractivity contribution in [3.63, 3.8) is 0 Å². The molecule has 16 heavy (non-hydrogen) atoms. The highest BCUT2D eigenvalue weighted by Gasteiger charge is 2.04. The van der Waals surface area contributed by atoms with Gasteiger partial charge in [-0.05, 0) is 19.2 Å². The summed E-state index contributed by atoms with van der Waals surface area (Å²) in [4.78, 5) is 6.54. The maximum atomic E-state index is 4.44. The molecule has 2 aromatic heterocycles. The molecule has 0 aliphatic rings. The van der Waals surface area contributed by atoms with Crippen LogP contribution >= 0.6 is 0 Å². The molecule has 0 aromatic carbocycles. The van der Waals surface area contributed by atoms with Crippen molar-refractivity contribution in [1.29, 1.82) is 0 Å². The number of pyridine rings is 1. The highest BCUT2D eigenvalue weighted by atomic mass is 15.1. The lowest BCUT2D eigenvalue weighted by atomic mass is 10.3. The molecule has 4 heteroatoms. The fourth-order valence-corrected chi connectivity index (χ4v) is 1.74. The van der Waals surface area contributed by atoms with Crippen LogP contribution in [0.25, 0.3) is 5.52 Å². The SMILES string of the molecule is CNCCc1ncc2cc(N(C)C)ccn12.